The van der Waals surface area contributed by atoms with Gasteiger partial charge in [-0.15, -0.1) is 13.2 Å². The van der Waals surface area contributed by atoms with Crippen LogP contribution >= 0.6 is 0 Å². The second-order valence-electron chi connectivity index (χ2n) is 7.45. The van der Waals surface area contributed by atoms with Gasteiger partial charge < -0.3 is 13.0 Å². The van der Waals surface area contributed by atoms with Gasteiger partial charge in [0.2, 0.25) is 0 Å². The standard InChI is InChI=1S/C22H42O3Si2/c1-3-5-7-9-11-13-15-17-19-21-26(23)25-27(24)22-20-18-16-14-12-10-8-6-4-2/h3-4H,1-2,5-22H2. The molecule has 0 unspecified atom stereocenters. The van der Waals surface area contributed by atoms with Crippen LogP contribution in [-0.4, -0.2) is 17.9 Å². The largest absolute Gasteiger partial charge is 0.525 e. The normalized spacial score (nSPS) is 10.5. The Balaban J connectivity index is 3.35. The van der Waals surface area contributed by atoms with Crippen molar-refractivity contribution in [2.45, 2.75) is 115 Å². The van der Waals surface area contributed by atoms with Crippen LogP contribution in [0.3, 0.4) is 0 Å². The molecule has 0 heterocycles. The summed E-state index contributed by atoms with van der Waals surface area (Å²) in [4.78, 5) is 0. The molecule has 0 aliphatic rings. The summed E-state index contributed by atoms with van der Waals surface area (Å²) < 4.78 is 29.1. The quantitative estimate of drug-likeness (QED) is 0.106. The zero-order chi connectivity index (χ0) is 20.0. The first-order valence-electron chi connectivity index (χ1n) is 11.2. The van der Waals surface area contributed by atoms with E-state index in [2.05, 4.69) is 13.2 Å². The molecule has 0 amide bonds. The van der Waals surface area contributed by atoms with Gasteiger partial charge in [-0.2, -0.15) is 0 Å². The maximum atomic E-state index is 11.9. The van der Waals surface area contributed by atoms with E-state index in [9.17, 15) is 8.92 Å². The van der Waals surface area contributed by atoms with Gasteiger partial charge in [0.05, 0.1) is 0 Å². The molecule has 0 aromatic heterocycles. The maximum Gasteiger partial charge on any atom is 0.495 e. The summed E-state index contributed by atoms with van der Waals surface area (Å²) in [5.74, 6) is 0. The van der Waals surface area contributed by atoms with Gasteiger partial charge in [-0.3, -0.25) is 0 Å². The van der Waals surface area contributed by atoms with Crippen molar-refractivity contribution in [2.24, 2.45) is 0 Å². The van der Waals surface area contributed by atoms with E-state index in [0.717, 1.165) is 38.5 Å². The Labute approximate surface area is 171 Å². The molecule has 3 nitrogen and oxygen atoms in total. The van der Waals surface area contributed by atoms with Crippen molar-refractivity contribution in [3.05, 3.63) is 25.3 Å². The fourth-order valence-electron chi connectivity index (χ4n) is 3.11. The van der Waals surface area contributed by atoms with E-state index in [-0.39, 0.29) is 0 Å². The summed E-state index contributed by atoms with van der Waals surface area (Å²) >= 11 is 0. The SMILES string of the molecule is C=CCCCCCCCCC[Si](=O)O[Si](=O)CCCCCCCCCC=C. The molecule has 0 saturated carbocycles. The van der Waals surface area contributed by atoms with E-state index >= 15 is 0 Å². The zero-order valence-corrected chi connectivity index (χ0v) is 19.5. The minimum atomic E-state index is -2.09. The Morgan fingerprint density at radius 1 is 0.519 bits per heavy atom. The van der Waals surface area contributed by atoms with E-state index in [1.165, 1.54) is 64.2 Å². The van der Waals surface area contributed by atoms with Gasteiger partial charge in [0.15, 0.2) is 0 Å². The molecule has 0 atom stereocenters. The number of hydrogen-bond acceptors (Lipinski definition) is 3. The molecular weight excluding hydrogens is 368 g/mol. The third-order valence-electron chi connectivity index (χ3n) is 4.81. The molecule has 5 heteroatoms. The topological polar surface area (TPSA) is 43.4 Å². The Kier molecular flexibility index (Phi) is 21.1. The molecule has 0 aliphatic carbocycles. The number of hydrogen-bond donors (Lipinski definition) is 0. The number of allylic oxidation sites excluding steroid dienone is 2. The lowest BCUT2D eigenvalue weighted by Gasteiger charge is -2.03. The highest BCUT2D eigenvalue weighted by Crippen LogP contribution is 2.12. The van der Waals surface area contributed by atoms with E-state index in [1.54, 1.807) is 0 Å². The highest BCUT2D eigenvalue weighted by atomic mass is 28.4. The second-order valence-corrected chi connectivity index (χ2v) is 10.8. The van der Waals surface area contributed by atoms with E-state index in [4.69, 9.17) is 4.12 Å². The van der Waals surface area contributed by atoms with Crippen molar-refractivity contribution >= 4 is 17.9 Å². The molecule has 0 rings (SSSR count). The summed E-state index contributed by atoms with van der Waals surface area (Å²) in [5, 5.41) is 0. The molecule has 0 N–H and O–H groups in total. The fraction of sp³-hybridized carbons (Fsp3) is 0.818. The molecule has 0 aromatic rings. The molecule has 0 aliphatic heterocycles. The first kappa shape index (κ1) is 26.3. The maximum absolute atomic E-state index is 11.9. The molecular formula is C22H42O3Si2. The van der Waals surface area contributed by atoms with Crippen LogP contribution < -0.4 is 0 Å². The van der Waals surface area contributed by atoms with Crippen molar-refractivity contribution < 1.29 is 13.0 Å². The molecule has 0 aromatic carbocycles. The molecule has 0 bridgehead atoms. The van der Waals surface area contributed by atoms with Crippen molar-refractivity contribution in [2.75, 3.05) is 0 Å². The summed E-state index contributed by atoms with van der Waals surface area (Å²) in [7, 11) is -4.18. The third kappa shape index (κ3) is 21.5. The van der Waals surface area contributed by atoms with Crippen molar-refractivity contribution in [3.8, 4) is 0 Å². The zero-order valence-electron chi connectivity index (χ0n) is 17.5. The summed E-state index contributed by atoms with van der Waals surface area (Å²) in [6, 6.07) is 1.20. The minimum absolute atomic E-state index is 0.599. The molecule has 0 fully saturated rings. The Morgan fingerprint density at radius 2 is 0.815 bits per heavy atom. The second kappa shape index (κ2) is 21.6. The van der Waals surface area contributed by atoms with Gasteiger partial charge in [-0.25, -0.2) is 0 Å². The van der Waals surface area contributed by atoms with Gasteiger partial charge in [0, 0.05) is 12.1 Å². The summed E-state index contributed by atoms with van der Waals surface area (Å²) in [5.41, 5.74) is 0. The van der Waals surface area contributed by atoms with Gasteiger partial charge in [0.1, 0.15) is 0 Å². The van der Waals surface area contributed by atoms with Crippen molar-refractivity contribution in [1.82, 2.24) is 0 Å². The van der Waals surface area contributed by atoms with Crippen LogP contribution in [0.15, 0.2) is 25.3 Å². The average Bonchev–Trinajstić information content (AvgIpc) is 2.65. The summed E-state index contributed by atoms with van der Waals surface area (Å²) in [6.07, 6.45) is 22.8. The fourth-order valence-corrected chi connectivity index (χ4v) is 6.02. The summed E-state index contributed by atoms with van der Waals surface area (Å²) in [6.45, 7) is 7.47. The highest BCUT2D eigenvalue weighted by Gasteiger charge is 2.14. The lowest BCUT2D eigenvalue weighted by Crippen LogP contribution is -2.15. The smallest absolute Gasteiger partial charge is 0.495 e. The first-order valence-corrected chi connectivity index (χ1v) is 14.2. The van der Waals surface area contributed by atoms with E-state index in [1.807, 2.05) is 12.2 Å². The van der Waals surface area contributed by atoms with Crippen molar-refractivity contribution in [3.63, 3.8) is 0 Å². The lowest BCUT2D eigenvalue weighted by molar-refractivity contribution is 0.406. The molecule has 0 radical (unpaired) electrons. The third-order valence-corrected chi connectivity index (χ3v) is 8.15. The van der Waals surface area contributed by atoms with Crippen LogP contribution in [0.4, 0.5) is 0 Å². The highest BCUT2D eigenvalue weighted by molar-refractivity contribution is 6.50. The monoisotopic (exact) mass is 410 g/mol. The van der Waals surface area contributed by atoms with Gasteiger partial charge in [-0.1, -0.05) is 76.4 Å². The van der Waals surface area contributed by atoms with Crippen LogP contribution in [-0.2, 0) is 13.0 Å². The van der Waals surface area contributed by atoms with E-state index in [0.29, 0.717) is 12.1 Å². The number of unbranched alkanes of at least 4 members (excludes halogenated alkanes) is 14. The molecule has 27 heavy (non-hydrogen) atoms. The number of rotatable bonds is 22. The minimum Gasteiger partial charge on any atom is -0.525 e. The Morgan fingerprint density at radius 3 is 1.15 bits per heavy atom. The predicted molar refractivity (Wildman–Crippen MR) is 118 cm³/mol. The van der Waals surface area contributed by atoms with Crippen LogP contribution in [0.25, 0.3) is 0 Å². The first-order chi connectivity index (χ1) is 13.2. The average molecular weight is 411 g/mol. The Hall–Kier alpha value is -0.686. The van der Waals surface area contributed by atoms with Crippen LogP contribution in [0.1, 0.15) is 103 Å². The van der Waals surface area contributed by atoms with Gasteiger partial charge in [0.25, 0.3) is 0 Å². The molecule has 156 valence electrons. The van der Waals surface area contributed by atoms with Gasteiger partial charge >= 0.3 is 17.9 Å². The molecule has 0 spiro atoms. The van der Waals surface area contributed by atoms with Crippen LogP contribution in [0.2, 0.25) is 12.1 Å². The van der Waals surface area contributed by atoms with Crippen molar-refractivity contribution in [1.29, 1.82) is 0 Å². The Bertz CT molecular complexity index is 361. The van der Waals surface area contributed by atoms with Crippen LogP contribution in [0, 0.1) is 0 Å². The van der Waals surface area contributed by atoms with E-state index < -0.39 is 17.9 Å². The lowest BCUT2D eigenvalue weighted by atomic mass is 10.1. The van der Waals surface area contributed by atoms with Crippen LogP contribution in [0.5, 0.6) is 0 Å². The predicted octanol–water partition coefficient (Wildman–Crippen LogP) is 7.45. The molecule has 0 saturated heterocycles. The van der Waals surface area contributed by atoms with Gasteiger partial charge in [-0.05, 0) is 38.5 Å².